The molecule has 0 aliphatic carbocycles. The number of fused-ring (bicyclic) bond motifs is 1. The van der Waals surface area contributed by atoms with E-state index in [4.69, 9.17) is 27.6 Å². The summed E-state index contributed by atoms with van der Waals surface area (Å²) in [6, 6.07) is 3.49. The molecule has 2 aromatic rings. The van der Waals surface area contributed by atoms with E-state index >= 15 is 0 Å². The van der Waals surface area contributed by atoms with Crippen LogP contribution in [0.4, 0.5) is 0 Å². The topological polar surface area (TPSA) is 38.1 Å². The van der Waals surface area contributed by atoms with Gasteiger partial charge in [0.2, 0.25) is 5.89 Å². The summed E-state index contributed by atoms with van der Waals surface area (Å²) in [5, 5.41) is 4.51. The third kappa shape index (κ3) is 2.04. The van der Waals surface area contributed by atoms with Crippen molar-refractivity contribution in [1.82, 2.24) is 10.3 Å². The van der Waals surface area contributed by atoms with Gasteiger partial charge >= 0.3 is 0 Å². The van der Waals surface area contributed by atoms with Crippen LogP contribution in [0.25, 0.3) is 11.1 Å². The quantitative estimate of drug-likeness (QED) is 0.910. The van der Waals surface area contributed by atoms with E-state index in [1.165, 1.54) is 0 Å². The van der Waals surface area contributed by atoms with Crippen molar-refractivity contribution in [1.29, 1.82) is 0 Å². The molecule has 1 aliphatic rings. The standard InChI is InChI=1S/C14H16Cl2N2O/c1-8(2)14(3-4-17-7-14)13-18-11-6-9(15)5-10(16)12(11)19-13/h5-6,8,17H,3-4,7H2,1-2H3. The molecule has 1 unspecified atom stereocenters. The van der Waals surface area contributed by atoms with Gasteiger partial charge in [0.05, 0.1) is 10.4 Å². The molecule has 0 spiro atoms. The van der Waals surface area contributed by atoms with Gasteiger partial charge in [-0.25, -0.2) is 4.98 Å². The van der Waals surface area contributed by atoms with Gasteiger partial charge in [0.15, 0.2) is 5.58 Å². The summed E-state index contributed by atoms with van der Waals surface area (Å²) in [6.45, 7) is 6.29. The van der Waals surface area contributed by atoms with Gasteiger partial charge in [-0.15, -0.1) is 0 Å². The number of rotatable bonds is 2. The van der Waals surface area contributed by atoms with E-state index in [0.717, 1.165) is 30.9 Å². The Kier molecular flexibility index (Phi) is 3.24. The number of nitrogens with zero attached hydrogens (tertiary/aromatic N) is 1. The van der Waals surface area contributed by atoms with Gasteiger partial charge < -0.3 is 9.73 Å². The zero-order valence-corrected chi connectivity index (χ0v) is 12.5. The van der Waals surface area contributed by atoms with E-state index in [1.54, 1.807) is 12.1 Å². The molecule has 1 atom stereocenters. The highest BCUT2D eigenvalue weighted by Gasteiger charge is 2.43. The summed E-state index contributed by atoms with van der Waals surface area (Å²) in [5.74, 6) is 1.22. The van der Waals surface area contributed by atoms with Crippen LogP contribution in [0.15, 0.2) is 16.5 Å². The lowest BCUT2D eigenvalue weighted by molar-refractivity contribution is 0.269. The van der Waals surface area contributed by atoms with Gasteiger partial charge in [0.1, 0.15) is 5.52 Å². The fraction of sp³-hybridized carbons (Fsp3) is 0.500. The minimum Gasteiger partial charge on any atom is -0.438 e. The van der Waals surface area contributed by atoms with Crippen molar-refractivity contribution >= 4 is 34.3 Å². The van der Waals surface area contributed by atoms with Gasteiger partial charge in [-0.2, -0.15) is 0 Å². The molecule has 1 saturated heterocycles. The molecule has 0 amide bonds. The van der Waals surface area contributed by atoms with Crippen molar-refractivity contribution in [2.45, 2.75) is 25.7 Å². The molecule has 0 saturated carbocycles. The number of nitrogens with one attached hydrogen (secondary N) is 1. The fourth-order valence-electron chi connectivity index (χ4n) is 2.81. The van der Waals surface area contributed by atoms with Crippen LogP contribution in [0.1, 0.15) is 26.2 Å². The second-order valence-electron chi connectivity index (χ2n) is 5.49. The van der Waals surface area contributed by atoms with Crippen LogP contribution in [0.3, 0.4) is 0 Å². The number of oxazole rings is 1. The van der Waals surface area contributed by atoms with Gasteiger partial charge in [0.25, 0.3) is 0 Å². The van der Waals surface area contributed by atoms with Crippen LogP contribution in [0.5, 0.6) is 0 Å². The lowest BCUT2D eigenvalue weighted by Gasteiger charge is -2.28. The SMILES string of the molecule is CC(C)C1(c2nc3cc(Cl)cc(Cl)c3o2)CCNC1. The molecular formula is C14H16Cl2N2O. The third-order valence-corrected chi connectivity index (χ3v) is 4.63. The first kappa shape index (κ1) is 13.2. The summed E-state index contributed by atoms with van der Waals surface area (Å²) < 4.78 is 5.96. The molecule has 5 heteroatoms. The minimum absolute atomic E-state index is 0.0468. The lowest BCUT2D eigenvalue weighted by Crippen LogP contribution is -2.35. The van der Waals surface area contributed by atoms with Crippen molar-refractivity contribution in [2.75, 3.05) is 13.1 Å². The molecule has 3 nitrogen and oxygen atoms in total. The van der Waals surface area contributed by atoms with E-state index in [9.17, 15) is 0 Å². The number of aromatic nitrogens is 1. The van der Waals surface area contributed by atoms with E-state index < -0.39 is 0 Å². The normalized spacial score (nSPS) is 23.6. The second-order valence-corrected chi connectivity index (χ2v) is 6.34. The predicted molar refractivity (Wildman–Crippen MR) is 78.0 cm³/mol. The average Bonchev–Trinajstić information content (AvgIpc) is 2.93. The molecule has 3 rings (SSSR count). The van der Waals surface area contributed by atoms with Crippen molar-refractivity contribution in [2.24, 2.45) is 5.92 Å². The molecule has 1 aromatic carbocycles. The zero-order valence-electron chi connectivity index (χ0n) is 11.0. The van der Waals surface area contributed by atoms with E-state index in [2.05, 4.69) is 24.1 Å². The van der Waals surface area contributed by atoms with E-state index in [-0.39, 0.29) is 5.41 Å². The maximum Gasteiger partial charge on any atom is 0.203 e. The van der Waals surface area contributed by atoms with Gasteiger partial charge in [0, 0.05) is 11.6 Å². The summed E-state index contributed by atoms with van der Waals surface area (Å²) in [6.07, 6.45) is 1.03. The first-order valence-corrected chi connectivity index (χ1v) is 7.25. The molecule has 1 aliphatic heterocycles. The Morgan fingerprint density at radius 3 is 2.79 bits per heavy atom. The second kappa shape index (κ2) is 4.65. The Bertz CT molecular complexity index is 615. The highest BCUT2D eigenvalue weighted by molar-refractivity contribution is 6.37. The molecule has 19 heavy (non-hydrogen) atoms. The number of hydrogen-bond donors (Lipinski definition) is 1. The van der Waals surface area contributed by atoms with Crippen LogP contribution in [0.2, 0.25) is 10.0 Å². The van der Waals surface area contributed by atoms with Crippen LogP contribution in [-0.2, 0) is 5.41 Å². The summed E-state index contributed by atoms with van der Waals surface area (Å²) in [4.78, 5) is 4.63. The lowest BCUT2D eigenvalue weighted by atomic mass is 9.76. The van der Waals surface area contributed by atoms with Crippen molar-refractivity contribution in [3.8, 4) is 0 Å². The van der Waals surface area contributed by atoms with Crippen LogP contribution < -0.4 is 5.32 Å². The highest BCUT2D eigenvalue weighted by Crippen LogP contribution is 2.40. The van der Waals surface area contributed by atoms with Gasteiger partial charge in [-0.3, -0.25) is 0 Å². The van der Waals surface area contributed by atoms with E-state index in [0.29, 0.717) is 21.5 Å². The molecule has 2 heterocycles. The largest absolute Gasteiger partial charge is 0.438 e. The number of halogens is 2. The first-order chi connectivity index (χ1) is 9.03. The Balaban J connectivity index is 2.17. The number of hydrogen-bond acceptors (Lipinski definition) is 3. The summed E-state index contributed by atoms with van der Waals surface area (Å²) in [7, 11) is 0. The Morgan fingerprint density at radius 1 is 1.37 bits per heavy atom. The van der Waals surface area contributed by atoms with Crippen LogP contribution >= 0.6 is 23.2 Å². The molecular weight excluding hydrogens is 283 g/mol. The minimum atomic E-state index is -0.0468. The molecule has 0 radical (unpaired) electrons. The van der Waals surface area contributed by atoms with E-state index in [1.807, 2.05) is 0 Å². The molecule has 1 N–H and O–H groups in total. The van der Waals surface area contributed by atoms with Gasteiger partial charge in [-0.05, 0) is 31.0 Å². The van der Waals surface area contributed by atoms with Crippen molar-refractivity contribution < 1.29 is 4.42 Å². The fourth-order valence-corrected chi connectivity index (χ4v) is 3.33. The first-order valence-electron chi connectivity index (χ1n) is 6.50. The molecule has 102 valence electrons. The highest BCUT2D eigenvalue weighted by atomic mass is 35.5. The Labute approximate surface area is 122 Å². The smallest absolute Gasteiger partial charge is 0.203 e. The molecule has 1 aromatic heterocycles. The van der Waals surface area contributed by atoms with Gasteiger partial charge in [-0.1, -0.05) is 37.0 Å². The average molecular weight is 299 g/mol. The molecule has 1 fully saturated rings. The predicted octanol–water partition coefficient (Wildman–Crippen LogP) is 4.02. The van der Waals surface area contributed by atoms with Crippen LogP contribution in [0, 0.1) is 5.92 Å². The summed E-state index contributed by atoms with van der Waals surface area (Å²) >= 11 is 12.2. The zero-order chi connectivity index (χ0) is 13.6. The monoisotopic (exact) mass is 298 g/mol. The summed E-state index contributed by atoms with van der Waals surface area (Å²) in [5.41, 5.74) is 1.32. The maximum atomic E-state index is 6.17. The van der Waals surface area contributed by atoms with Crippen molar-refractivity contribution in [3.05, 3.63) is 28.1 Å². The van der Waals surface area contributed by atoms with Crippen LogP contribution in [-0.4, -0.2) is 18.1 Å². The Morgan fingerprint density at radius 2 is 2.16 bits per heavy atom. The Hall–Kier alpha value is -0.770. The maximum absolute atomic E-state index is 6.17. The molecule has 0 bridgehead atoms. The van der Waals surface area contributed by atoms with Crippen molar-refractivity contribution in [3.63, 3.8) is 0 Å². The number of benzene rings is 1. The third-order valence-electron chi connectivity index (χ3n) is 4.13.